The van der Waals surface area contributed by atoms with Crippen LogP contribution >= 0.6 is 0 Å². The zero-order valence-electron chi connectivity index (χ0n) is 10.9. The van der Waals surface area contributed by atoms with Crippen molar-refractivity contribution in [1.29, 1.82) is 5.26 Å². The number of benzene rings is 1. The molecule has 1 aliphatic heterocycles. The summed E-state index contributed by atoms with van der Waals surface area (Å²) in [6.45, 7) is 5.87. The van der Waals surface area contributed by atoms with Gasteiger partial charge in [0, 0.05) is 26.2 Å². The number of rotatable bonds is 5. The van der Waals surface area contributed by atoms with Gasteiger partial charge in [0.2, 0.25) is 0 Å². The lowest BCUT2D eigenvalue weighted by Gasteiger charge is -2.27. The Morgan fingerprint density at radius 1 is 1.11 bits per heavy atom. The number of aryl methyl sites for hydroxylation is 1. The molecule has 1 aromatic rings. The number of nitrogens with one attached hydrogen (secondary N) is 1. The van der Waals surface area contributed by atoms with Crippen LogP contribution in [0.15, 0.2) is 24.3 Å². The lowest BCUT2D eigenvalue weighted by molar-refractivity contribution is 0.237. The Hall–Kier alpha value is -1.37. The molecule has 0 bridgehead atoms. The van der Waals surface area contributed by atoms with E-state index in [2.05, 4.69) is 28.4 Å². The van der Waals surface area contributed by atoms with E-state index in [4.69, 9.17) is 5.26 Å². The SMILES string of the molecule is N#Cc1ccc(CCCCN2CCNCC2)cc1. The molecule has 0 aromatic heterocycles. The summed E-state index contributed by atoms with van der Waals surface area (Å²) in [7, 11) is 0. The van der Waals surface area contributed by atoms with Gasteiger partial charge in [0.15, 0.2) is 0 Å². The summed E-state index contributed by atoms with van der Waals surface area (Å²) in [5.41, 5.74) is 2.09. The van der Waals surface area contributed by atoms with Gasteiger partial charge in [-0.3, -0.25) is 0 Å². The van der Waals surface area contributed by atoms with Gasteiger partial charge in [-0.2, -0.15) is 5.26 Å². The Labute approximate surface area is 109 Å². The normalized spacial score (nSPS) is 16.4. The summed E-state index contributed by atoms with van der Waals surface area (Å²) >= 11 is 0. The highest BCUT2D eigenvalue weighted by Gasteiger charge is 2.08. The standard InChI is InChI=1S/C15H21N3/c16-13-15-6-4-14(5-7-15)3-1-2-10-18-11-8-17-9-12-18/h4-7,17H,1-3,8-12H2. The molecule has 0 unspecified atom stereocenters. The van der Waals surface area contributed by atoms with Crippen LogP contribution in [-0.4, -0.2) is 37.6 Å². The largest absolute Gasteiger partial charge is 0.314 e. The first-order chi connectivity index (χ1) is 8.88. The van der Waals surface area contributed by atoms with Crippen molar-refractivity contribution in [2.45, 2.75) is 19.3 Å². The van der Waals surface area contributed by atoms with E-state index in [9.17, 15) is 0 Å². The Kier molecular flexibility index (Phi) is 5.19. The zero-order chi connectivity index (χ0) is 12.6. The van der Waals surface area contributed by atoms with E-state index < -0.39 is 0 Å². The third-order valence-corrected chi connectivity index (χ3v) is 3.48. The van der Waals surface area contributed by atoms with E-state index in [-0.39, 0.29) is 0 Å². The van der Waals surface area contributed by atoms with E-state index in [1.807, 2.05) is 12.1 Å². The molecule has 1 aromatic carbocycles. The van der Waals surface area contributed by atoms with Gasteiger partial charge in [0.25, 0.3) is 0 Å². The van der Waals surface area contributed by atoms with E-state index >= 15 is 0 Å². The van der Waals surface area contributed by atoms with Crippen LogP contribution in [0.4, 0.5) is 0 Å². The highest BCUT2D eigenvalue weighted by atomic mass is 15.2. The van der Waals surface area contributed by atoms with E-state index in [1.54, 1.807) is 0 Å². The van der Waals surface area contributed by atoms with E-state index in [0.29, 0.717) is 0 Å². The Morgan fingerprint density at radius 2 is 1.83 bits per heavy atom. The van der Waals surface area contributed by atoms with Crippen molar-refractivity contribution in [3.8, 4) is 6.07 Å². The monoisotopic (exact) mass is 243 g/mol. The van der Waals surface area contributed by atoms with Crippen molar-refractivity contribution in [2.75, 3.05) is 32.7 Å². The molecule has 1 heterocycles. The van der Waals surface area contributed by atoms with Crippen LogP contribution in [-0.2, 0) is 6.42 Å². The van der Waals surface area contributed by atoms with Crippen LogP contribution in [0.5, 0.6) is 0 Å². The molecule has 0 amide bonds. The second-order valence-electron chi connectivity index (χ2n) is 4.86. The smallest absolute Gasteiger partial charge is 0.0991 e. The molecule has 3 heteroatoms. The molecule has 1 fully saturated rings. The molecule has 3 nitrogen and oxygen atoms in total. The predicted octanol–water partition coefficient (Wildman–Crippen LogP) is 1.79. The summed E-state index contributed by atoms with van der Waals surface area (Å²) in [5, 5.41) is 12.1. The lowest BCUT2D eigenvalue weighted by Crippen LogP contribution is -2.43. The zero-order valence-corrected chi connectivity index (χ0v) is 10.9. The number of hydrogen-bond donors (Lipinski definition) is 1. The van der Waals surface area contributed by atoms with Crippen molar-refractivity contribution < 1.29 is 0 Å². The summed E-state index contributed by atoms with van der Waals surface area (Å²) in [6.07, 6.45) is 3.62. The number of piperazine rings is 1. The molecule has 18 heavy (non-hydrogen) atoms. The minimum atomic E-state index is 0.750. The fraction of sp³-hybridized carbons (Fsp3) is 0.533. The fourth-order valence-electron chi connectivity index (χ4n) is 2.35. The topological polar surface area (TPSA) is 39.1 Å². The molecule has 0 spiro atoms. The summed E-state index contributed by atoms with van der Waals surface area (Å²) in [5.74, 6) is 0. The number of unbranched alkanes of at least 4 members (excludes halogenated alkanes) is 1. The van der Waals surface area contributed by atoms with Gasteiger partial charge < -0.3 is 10.2 Å². The van der Waals surface area contributed by atoms with Crippen molar-refractivity contribution in [3.63, 3.8) is 0 Å². The van der Waals surface area contributed by atoms with E-state index in [0.717, 1.165) is 25.1 Å². The summed E-state index contributed by atoms with van der Waals surface area (Å²) < 4.78 is 0. The van der Waals surface area contributed by atoms with Gasteiger partial charge in [-0.25, -0.2) is 0 Å². The van der Waals surface area contributed by atoms with Gasteiger partial charge in [-0.15, -0.1) is 0 Å². The van der Waals surface area contributed by atoms with E-state index in [1.165, 1.54) is 38.0 Å². The fourth-order valence-corrected chi connectivity index (χ4v) is 2.35. The van der Waals surface area contributed by atoms with Crippen LogP contribution in [0.25, 0.3) is 0 Å². The maximum Gasteiger partial charge on any atom is 0.0991 e. The molecule has 1 saturated heterocycles. The molecule has 1 aliphatic rings. The molecular weight excluding hydrogens is 222 g/mol. The first-order valence-electron chi connectivity index (χ1n) is 6.80. The van der Waals surface area contributed by atoms with Crippen LogP contribution in [0, 0.1) is 11.3 Å². The van der Waals surface area contributed by atoms with Crippen molar-refractivity contribution in [3.05, 3.63) is 35.4 Å². The average molecular weight is 243 g/mol. The first kappa shape index (κ1) is 13.1. The third-order valence-electron chi connectivity index (χ3n) is 3.48. The number of hydrogen-bond acceptors (Lipinski definition) is 3. The maximum absolute atomic E-state index is 8.73. The Bertz CT molecular complexity index is 385. The van der Waals surface area contributed by atoms with Crippen LogP contribution < -0.4 is 5.32 Å². The van der Waals surface area contributed by atoms with Gasteiger partial charge >= 0.3 is 0 Å². The molecule has 1 N–H and O–H groups in total. The first-order valence-corrected chi connectivity index (χ1v) is 6.80. The van der Waals surface area contributed by atoms with Gasteiger partial charge in [-0.05, 0) is 43.5 Å². The highest BCUT2D eigenvalue weighted by Crippen LogP contribution is 2.08. The molecular formula is C15H21N3. The number of nitrogens with zero attached hydrogens (tertiary/aromatic N) is 2. The molecule has 0 atom stereocenters. The maximum atomic E-state index is 8.73. The molecule has 96 valence electrons. The molecule has 0 saturated carbocycles. The Balaban J connectivity index is 1.63. The Morgan fingerprint density at radius 3 is 2.50 bits per heavy atom. The van der Waals surface area contributed by atoms with Crippen LogP contribution in [0.2, 0.25) is 0 Å². The van der Waals surface area contributed by atoms with Crippen molar-refractivity contribution in [1.82, 2.24) is 10.2 Å². The molecule has 0 aliphatic carbocycles. The predicted molar refractivity (Wildman–Crippen MR) is 73.4 cm³/mol. The quantitative estimate of drug-likeness (QED) is 0.801. The molecule has 2 rings (SSSR count). The second kappa shape index (κ2) is 7.15. The molecule has 0 radical (unpaired) electrons. The third kappa shape index (κ3) is 4.14. The highest BCUT2D eigenvalue weighted by molar-refractivity contribution is 5.31. The van der Waals surface area contributed by atoms with Crippen LogP contribution in [0.3, 0.4) is 0 Å². The summed E-state index contributed by atoms with van der Waals surface area (Å²) in [4.78, 5) is 2.54. The number of nitriles is 1. The lowest BCUT2D eigenvalue weighted by atomic mass is 10.1. The summed E-state index contributed by atoms with van der Waals surface area (Å²) in [6, 6.07) is 10.1. The van der Waals surface area contributed by atoms with Gasteiger partial charge in [0.1, 0.15) is 0 Å². The second-order valence-corrected chi connectivity index (χ2v) is 4.86. The van der Waals surface area contributed by atoms with Crippen molar-refractivity contribution in [2.24, 2.45) is 0 Å². The van der Waals surface area contributed by atoms with Gasteiger partial charge in [0.05, 0.1) is 11.6 Å². The van der Waals surface area contributed by atoms with Gasteiger partial charge in [-0.1, -0.05) is 12.1 Å². The minimum absolute atomic E-state index is 0.750. The minimum Gasteiger partial charge on any atom is -0.314 e. The van der Waals surface area contributed by atoms with Crippen LogP contribution in [0.1, 0.15) is 24.0 Å². The average Bonchev–Trinajstić information content (AvgIpc) is 2.45. The van der Waals surface area contributed by atoms with Crippen molar-refractivity contribution >= 4 is 0 Å².